The predicted octanol–water partition coefficient (Wildman–Crippen LogP) is 1.64. The summed E-state index contributed by atoms with van der Waals surface area (Å²) >= 11 is 7.41. The molecule has 0 bridgehead atoms. The molecule has 3 N–H and O–H groups in total. The van der Waals surface area contributed by atoms with Gasteiger partial charge in [0.2, 0.25) is 0 Å². The Morgan fingerprint density at radius 3 is 3.00 bits per heavy atom. The van der Waals surface area contributed by atoms with E-state index >= 15 is 0 Å². The summed E-state index contributed by atoms with van der Waals surface area (Å²) in [4.78, 5) is 4.98. The Morgan fingerprint density at radius 2 is 2.41 bits per heavy atom. The molecule has 0 radical (unpaired) electrons. The molecule has 90 valence electrons. The van der Waals surface area contributed by atoms with Crippen molar-refractivity contribution >= 4 is 23.1 Å². The van der Waals surface area contributed by atoms with Crippen molar-refractivity contribution in [2.75, 3.05) is 0 Å². The fraction of sp³-hybridized carbons (Fsp3) is 0.300. The largest absolute Gasteiger partial charge is 0.271 e. The molecule has 1 unspecified atom stereocenters. The SMILES string of the molecule is Cc1nnsc1C(Cc1ccncc1Cl)NN. The fourth-order valence-electron chi connectivity index (χ4n) is 1.57. The molecule has 2 rings (SSSR count). The van der Waals surface area contributed by atoms with Crippen LogP contribution in [-0.2, 0) is 6.42 Å². The van der Waals surface area contributed by atoms with Gasteiger partial charge in [0, 0.05) is 12.4 Å². The Bertz CT molecular complexity index is 501. The molecule has 17 heavy (non-hydrogen) atoms. The van der Waals surface area contributed by atoms with Crippen LogP contribution in [0.15, 0.2) is 18.5 Å². The third kappa shape index (κ3) is 2.78. The molecule has 1 atom stereocenters. The van der Waals surface area contributed by atoms with Gasteiger partial charge in [-0.05, 0) is 36.5 Å². The summed E-state index contributed by atoms with van der Waals surface area (Å²) in [7, 11) is 0. The van der Waals surface area contributed by atoms with Crippen molar-refractivity contribution in [1.29, 1.82) is 0 Å². The van der Waals surface area contributed by atoms with Crippen LogP contribution < -0.4 is 11.3 Å². The van der Waals surface area contributed by atoms with Crippen molar-refractivity contribution < 1.29 is 0 Å². The van der Waals surface area contributed by atoms with E-state index in [1.165, 1.54) is 11.5 Å². The number of halogens is 1. The van der Waals surface area contributed by atoms with Crippen molar-refractivity contribution in [3.63, 3.8) is 0 Å². The summed E-state index contributed by atoms with van der Waals surface area (Å²) in [5.41, 5.74) is 4.66. The number of hydrogen-bond donors (Lipinski definition) is 2. The monoisotopic (exact) mass is 269 g/mol. The van der Waals surface area contributed by atoms with Gasteiger partial charge in [-0.25, -0.2) is 0 Å². The van der Waals surface area contributed by atoms with E-state index in [9.17, 15) is 0 Å². The number of aromatic nitrogens is 3. The smallest absolute Gasteiger partial charge is 0.0773 e. The number of nitrogens with two attached hydrogens (primary N) is 1. The quantitative estimate of drug-likeness (QED) is 0.652. The zero-order valence-corrected chi connectivity index (χ0v) is 10.8. The molecular formula is C10H12ClN5S. The Balaban J connectivity index is 2.22. The van der Waals surface area contributed by atoms with Gasteiger partial charge in [0.05, 0.1) is 21.6 Å². The van der Waals surface area contributed by atoms with Crippen LogP contribution in [-0.4, -0.2) is 14.6 Å². The number of hydrazine groups is 1. The minimum absolute atomic E-state index is 0.0325. The van der Waals surface area contributed by atoms with Crippen LogP contribution in [0, 0.1) is 6.92 Å². The average Bonchev–Trinajstić information content (AvgIpc) is 2.75. The molecule has 2 aromatic heterocycles. The molecular weight excluding hydrogens is 258 g/mol. The Labute approximate surface area is 108 Å². The van der Waals surface area contributed by atoms with Gasteiger partial charge in [-0.15, -0.1) is 5.10 Å². The van der Waals surface area contributed by atoms with Crippen molar-refractivity contribution in [1.82, 2.24) is 20.0 Å². The van der Waals surface area contributed by atoms with Crippen LogP contribution in [0.1, 0.15) is 22.2 Å². The van der Waals surface area contributed by atoms with E-state index < -0.39 is 0 Å². The third-order valence-corrected chi connectivity index (χ3v) is 3.76. The van der Waals surface area contributed by atoms with E-state index in [-0.39, 0.29) is 6.04 Å². The van der Waals surface area contributed by atoms with E-state index in [2.05, 4.69) is 20.0 Å². The first kappa shape index (κ1) is 12.4. The van der Waals surface area contributed by atoms with E-state index in [0.29, 0.717) is 11.4 Å². The lowest BCUT2D eigenvalue weighted by Crippen LogP contribution is -2.29. The lowest BCUT2D eigenvalue weighted by molar-refractivity contribution is 0.557. The number of rotatable bonds is 4. The van der Waals surface area contributed by atoms with Crippen LogP contribution in [0.25, 0.3) is 0 Å². The molecule has 2 aromatic rings. The first-order valence-electron chi connectivity index (χ1n) is 5.05. The van der Waals surface area contributed by atoms with Crippen molar-refractivity contribution in [3.05, 3.63) is 39.6 Å². The molecule has 7 heteroatoms. The molecule has 0 aliphatic carbocycles. The summed E-state index contributed by atoms with van der Waals surface area (Å²) in [6.07, 6.45) is 4.03. The maximum absolute atomic E-state index is 6.07. The van der Waals surface area contributed by atoms with Gasteiger partial charge in [-0.1, -0.05) is 16.1 Å². The highest BCUT2D eigenvalue weighted by Crippen LogP contribution is 2.25. The number of pyridine rings is 1. The third-order valence-electron chi connectivity index (χ3n) is 2.48. The van der Waals surface area contributed by atoms with Crippen LogP contribution in [0.5, 0.6) is 0 Å². The van der Waals surface area contributed by atoms with E-state index in [1.54, 1.807) is 12.4 Å². The van der Waals surface area contributed by atoms with E-state index in [0.717, 1.165) is 16.1 Å². The van der Waals surface area contributed by atoms with Gasteiger partial charge in [-0.2, -0.15) is 0 Å². The van der Waals surface area contributed by atoms with Crippen LogP contribution in [0.4, 0.5) is 0 Å². The zero-order chi connectivity index (χ0) is 12.3. The summed E-state index contributed by atoms with van der Waals surface area (Å²) < 4.78 is 3.91. The second kappa shape index (κ2) is 5.50. The highest BCUT2D eigenvalue weighted by Gasteiger charge is 2.17. The Kier molecular flexibility index (Phi) is 4.01. The van der Waals surface area contributed by atoms with Gasteiger partial charge in [0.15, 0.2) is 0 Å². The summed E-state index contributed by atoms with van der Waals surface area (Å²) in [5, 5.41) is 4.62. The number of nitrogens with one attached hydrogen (secondary N) is 1. The summed E-state index contributed by atoms with van der Waals surface area (Å²) in [6.45, 7) is 1.91. The first-order chi connectivity index (χ1) is 8.22. The lowest BCUT2D eigenvalue weighted by atomic mass is 10.1. The average molecular weight is 270 g/mol. The van der Waals surface area contributed by atoms with Crippen molar-refractivity contribution in [3.8, 4) is 0 Å². The Hall–Kier alpha value is -1.08. The number of hydrogen-bond acceptors (Lipinski definition) is 6. The van der Waals surface area contributed by atoms with Gasteiger partial charge in [0.25, 0.3) is 0 Å². The van der Waals surface area contributed by atoms with Crippen LogP contribution >= 0.6 is 23.1 Å². The molecule has 0 saturated carbocycles. The normalized spacial score (nSPS) is 12.6. The second-order valence-corrected chi connectivity index (χ2v) is 4.81. The lowest BCUT2D eigenvalue weighted by Gasteiger charge is -2.14. The topological polar surface area (TPSA) is 76.7 Å². The zero-order valence-electron chi connectivity index (χ0n) is 9.22. The molecule has 0 fully saturated rings. The van der Waals surface area contributed by atoms with E-state index in [4.69, 9.17) is 17.4 Å². The summed E-state index contributed by atoms with van der Waals surface area (Å²) in [6, 6.07) is 1.85. The minimum Gasteiger partial charge on any atom is -0.271 e. The van der Waals surface area contributed by atoms with Gasteiger partial charge in [-0.3, -0.25) is 16.3 Å². The molecule has 2 heterocycles. The molecule has 0 saturated heterocycles. The molecule has 0 aliphatic rings. The maximum Gasteiger partial charge on any atom is 0.0773 e. The Morgan fingerprint density at radius 1 is 1.59 bits per heavy atom. The standard InChI is InChI=1S/C10H12ClN5S/c1-6-10(17-16-15-6)9(14-12)4-7-2-3-13-5-8(7)11/h2-3,5,9,14H,4,12H2,1H3. The van der Waals surface area contributed by atoms with Crippen LogP contribution in [0.2, 0.25) is 5.02 Å². The highest BCUT2D eigenvalue weighted by molar-refractivity contribution is 7.05. The number of nitrogens with zero attached hydrogens (tertiary/aromatic N) is 3. The van der Waals surface area contributed by atoms with E-state index in [1.807, 2.05) is 13.0 Å². The molecule has 0 amide bonds. The van der Waals surface area contributed by atoms with Crippen LogP contribution in [0.3, 0.4) is 0 Å². The molecule has 0 spiro atoms. The maximum atomic E-state index is 6.07. The fourth-order valence-corrected chi connectivity index (χ4v) is 2.47. The molecule has 0 aliphatic heterocycles. The molecule has 0 aromatic carbocycles. The van der Waals surface area contributed by atoms with Gasteiger partial charge >= 0.3 is 0 Å². The van der Waals surface area contributed by atoms with Crippen molar-refractivity contribution in [2.24, 2.45) is 5.84 Å². The van der Waals surface area contributed by atoms with Crippen molar-refractivity contribution in [2.45, 2.75) is 19.4 Å². The van der Waals surface area contributed by atoms with Gasteiger partial charge in [0.1, 0.15) is 0 Å². The summed E-state index contributed by atoms with van der Waals surface area (Å²) in [5.74, 6) is 5.57. The predicted molar refractivity (Wildman–Crippen MR) is 67.7 cm³/mol. The highest BCUT2D eigenvalue weighted by atomic mass is 35.5. The molecule has 5 nitrogen and oxygen atoms in total. The second-order valence-electron chi connectivity index (χ2n) is 3.61. The number of aryl methyl sites for hydroxylation is 1. The van der Waals surface area contributed by atoms with Gasteiger partial charge < -0.3 is 0 Å². The first-order valence-corrected chi connectivity index (χ1v) is 6.21. The minimum atomic E-state index is -0.0325.